The molecule has 1 N–H and O–H groups in total. The first-order valence-electron chi connectivity index (χ1n) is 10.9. The van der Waals surface area contributed by atoms with Gasteiger partial charge >= 0.3 is 75.0 Å². The van der Waals surface area contributed by atoms with Crippen molar-refractivity contribution < 1.29 is 90.3 Å². The van der Waals surface area contributed by atoms with E-state index in [1.54, 1.807) is 0 Å². The largest absolute Gasteiger partial charge is 1.00 e. The van der Waals surface area contributed by atoms with Gasteiger partial charge < -0.3 is 27.2 Å². The van der Waals surface area contributed by atoms with Crippen LogP contribution >= 0.6 is 0 Å². The second kappa shape index (κ2) is 11.5. The van der Waals surface area contributed by atoms with E-state index >= 15 is 0 Å². The predicted molar refractivity (Wildman–Crippen MR) is 127 cm³/mol. The molecule has 0 saturated heterocycles. The fraction of sp³-hybridized carbons (Fsp3) is 0.208. The molecule has 0 aromatic heterocycles. The number of ether oxygens (including phenoxy) is 1. The maximum Gasteiger partial charge on any atom is 1.00 e. The summed E-state index contributed by atoms with van der Waals surface area (Å²) in [6.45, 7) is -3.84. The van der Waals surface area contributed by atoms with Crippen LogP contribution in [0.15, 0.2) is 54.6 Å². The molecule has 190 valence electrons. The van der Waals surface area contributed by atoms with Crippen LogP contribution < -0.4 is 66.3 Å². The van der Waals surface area contributed by atoms with E-state index in [4.69, 9.17) is 4.74 Å². The molecule has 0 saturated carbocycles. The van der Waals surface area contributed by atoms with Gasteiger partial charge in [0.15, 0.2) is 0 Å². The molecule has 1 aliphatic carbocycles. The summed E-state index contributed by atoms with van der Waals surface area (Å²) in [5.41, 5.74) is 2.05. The number of hydrogen-bond acceptors (Lipinski definition) is 5. The van der Waals surface area contributed by atoms with Crippen LogP contribution in [0.1, 0.15) is 33.7 Å². The van der Waals surface area contributed by atoms with Crippen molar-refractivity contribution in [2.45, 2.75) is 26.3 Å². The van der Waals surface area contributed by atoms with Gasteiger partial charge in [-0.05, 0) is 53.3 Å². The van der Waals surface area contributed by atoms with Gasteiger partial charge in [-0.15, -0.1) is 0 Å². The Morgan fingerprint density at radius 3 is 2.03 bits per heavy atom. The normalized spacial score (nSPS) is 12.8. The molecule has 13 heteroatoms. The second-order valence-electron chi connectivity index (χ2n) is 8.43. The topological polar surface area (TPSA) is 81.7 Å². The summed E-state index contributed by atoms with van der Waals surface area (Å²) < 4.78 is 85.5. The summed E-state index contributed by atoms with van der Waals surface area (Å²) in [6, 6.07) is 16.4. The summed E-state index contributed by atoms with van der Waals surface area (Å²) in [7, 11) is -5.56. The van der Waals surface area contributed by atoms with Gasteiger partial charge in [0.25, 0.3) is 0 Å². The van der Waals surface area contributed by atoms with Crippen molar-refractivity contribution in [2.24, 2.45) is 0 Å². The fourth-order valence-corrected chi connectivity index (χ4v) is 5.03. The van der Waals surface area contributed by atoms with Crippen LogP contribution in [0.25, 0.3) is 11.1 Å². The van der Waals surface area contributed by atoms with E-state index in [1.165, 1.54) is 6.92 Å². The molecule has 0 spiro atoms. The zero-order valence-corrected chi connectivity index (χ0v) is 24.2. The Morgan fingerprint density at radius 1 is 0.973 bits per heavy atom. The van der Waals surface area contributed by atoms with Crippen LogP contribution in [0.4, 0.5) is 21.6 Å². The van der Waals surface area contributed by atoms with Crippen molar-refractivity contribution in [1.82, 2.24) is 5.32 Å². The molecule has 3 aromatic carbocycles. The standard InChI is InChI=1S/C24H21BF4NO5S.K/c1-14-16(11-22(35-36(29,32)33)15(2)23(14)25(26,27)28)12-30-24(31)34-13-21-19-9-5-3-7-17(19)18-8-4-6-10-20(18)21;/h3-11,21H,12-13H2,1-2H3,(H,30,31);/q-1;+1. The van der Waals surface area contributed by atoms with Gasteiger partial charge in [0, 0.05) is 12.5 Å². The Morgan fingerprint density at radius 2 is 1.51 bits per heavy atom. The molecule has 0 heterocycles. The maximum atomic E-state index is 13.7. The van der Waals surface area contributed by atoms with Gasteiger partial charge in [0.1, 0.15) is 12.4 Å². The third-order valence-corrected chi connectivity index (χ3v) is 6.63. The van der Waals surface area contributed by atoms with Crippen LogP contribution in [0.3, 0.4) is 0 Å². The molecular weight excluding hydrogens is 540 g/mol. The molecule has 4 rings (SSSR count). The Balaban J connectivity index is 0.00000380. The molecule has 6 nitrogen and oxygen atoms in total. The molecule has 1 amide bonds. The Labute approximate surface area is 254 Å². The van der Waals surface area contributed by atoms with Crippen molar-refractivity contribution in [3.05, 3.63) is 82.4 Å². The van der Waals surface area contributed by atoms with Gasteiger partial charge in [-0.1, -0.05) is 63.4 Å². The van der Waals surface area contributed by atoms with Crippen LogP contribution in [-0.2, 0) is 21.8 Å². The van der Waals surface area contributed by atoms with Gasteiger partial charge in [-0.2, -0.15) is 8.42 Å². The molecule has 0 atom stereocenters. The van der Waals surface area contributed by atoms with E-state index in [1.807, 2.05) is 48.5 Å². The van der Waals surface area contributed by atoms with Crippen LogP contribution in [0, 0.1) is 13.8 Å². The zero-order chi connectivity index (χ0) is 26.3. The molecular formula is C24H21BF4KNO5S. The number of carbonyl (C=O) groups excluding carboxylic acids is 1. The number of fused-ring (bicyclic) bond motifs is 3. The minimum atomic E-state index is -5.58. The predicted octanol–water partition coefficient (Wildman–Crippen LogP) is 1.99. The van der Waals surface area contributed by atoms with E-state index < -0.39 is 46.9 Å². The summed E-state index contributed by atoms with van der Waals surface area (Å²) >= 11 is 0. The molecule has 37 heavy (non-hydrogen) atoms. The number of rotatable bonds is 7. The number of benzene rings is 3. The first-order valence-corrected chi connectivity index (χ1v) is 12.2. The Bertz CT molecular complexity index is 1400. The van der Waals surface area contributed by atoms with E-state index in [-0.39, 0.29) is 75.0 Å². The smallest absolute Gasteiger partial charge is 0.449 e. The van der Waals surface area contributed by atoms with Gasteiger partial charge in [-0.3, -0.25) is 0 Å². The van der Waals surface area contributed by atoms with Gasteiger partial charge in [0.2, 0.25) is 0 Å². The minimum Gasteiger partial charge on any atom is -0.449 e. The van der Waals surface area contributed by atoms with Crippen LogP contribution in [-0.4, -0.2) is 28.1 Å². The third-order valence-electron chi connectivity index (χ3n) is 6.25. The average Bonchev–Trinajstić information content (AvgIpc) is 3.11. The monoisotopic (exact) mass is 561 g/mol. The molecule has 0 fully saturated rings. The first kappa shape index (κ1) is 29.7. The number of alkyl carbamates (subject to hydrolysis) is 1. The van der Waals surface area contributed by atoms with E-state index in [0.717, 1.165) is 35.2 Å². The molecule has 0 radical (unpaired) electrons. The number of hydrogen-bond donors (Lipinski definition) is 1. The molecule has 3 aromatic rings. The van der Waals surface area contributed by atoms with Crippen LogP contribution in [0.5, 0.6) is 5.75 Å². The molecule has 0 aliphatic heterocycles. The van der Waals surface area contributed by atoms with Crippen molar-refractivity contribution in [3.63, 3.8) is 0 Å². The summed E-state index contributed by atoms with van der Waals surface area (Å²) in [6.07, 6.45) is -0.878. The SMILES string of the molecule is Cc1c(CNC(=O)OCC2c3ccccc3-c3ccccc32)cc(OS(=O)(=O)F)c(C)c1[B-](F)(F)F.[K+]. The van der Waals surface area contributed by atoms with Crippen molar-refractivity contribution in [3.8, 4) is 16.9 Å². The number of carbonyl (C=O) groups is 1. The fourth-order valence-electron chi connectivity index (χ4n) is 4.65. The summed E-state index contributed by atoms with van der Waals surface area (Å²) in [5.74, 6) is -1.01. The maximum absolute atomic E-state index is 13.7. The average molecular weight is 561 g/mol. The van der Waals surface area contributed by atoms with Gasteiger partial charge in [0.05, 0.1) is 0 Å². The molecule has 0 unspecified atom stereocenters. The van der Waals surface area contributed by atoms with Crippen molar-refractivity contribution in [2.75, 3.05) is 6.61 Å². The summed E-state index contributed by atoms with van der Waals surface area (Å²) in [4.78, 5) is 12.4. The quantitative estimate of drug-likeness (QED) is 0.271. The van der Waals surface area contributed by atoms with E-state index in [9.17, 15) is 30.0 Å². The Kier molecular flexibility index (Phi) is 9.18. The van der Waals surface area contributed by atoms with Gasteiger partial charge in [-0.25, -0.2) is 4.79 Å². The number of amides is 1. The third kappa shape index (κ3) is 6.58. The minimum absolute atomic E-state index is 0. The number of halogens is 4. The molecule has 0 bridgehead atoms. The molecule has 1 aliphatic rings. The number of nitrogens with one attached hydrogen (secondary N) is 1. The zero-order valence-electron chi connectivity index (χ0n) is 20.2. The van der Waals surface area contributed by atoms with Crippen LogP contribution in [0.2, 0.25) is 0 Å². The second-order valence-corrected chi connectivity index (χ2v) is 9.38. The Hall–Kier alpha value is -1.90. The van der Waals surface area contributed by atoms with E-state index in [0.29, 0.717) is 0 Å². The van der Waals surface area contributed by atoms with E-state index in [2.05, 4.69) is 9.50 Å². The summed E-state index contributed by atoms with van der Waals surface area (Å²) in [5, 5.41) is 2.38. The van der Waals surface area contributed by atoms with Crippen molar-refractivity contribution >= 4 is 29.0 Å². The first-order chi connectivity index (χ1) is 16.9. The van der Waals surface area contributed by atoms with Crippen molar-refractivity contribution in [1.29, 1.82) is 0 Å².